The van der Waals surface area contributed by atoms with Gasteiger partial charge in [0.15, 0.2) is 0 Å². The number of Topliss-reactive ketones (excluding diaryl/α,β-unsaturated/α-hetero) is 1. The lowest BCUT2D eigenvalue weighted by Crippen LogP contribution is -2.63. The minimum absolute atomic E-state index is 0.0555. The van der Waals surface area contributed by atoms with Crippen LogP contribution in [0.5, 0.6) is 0 Å². The molecule has 4 fully saturated rings. The quantitative estimate of drug-likeness (QED) is 0.197. The Hall–Kier alpha value is -2.74. The summed E-state index contributed by atoms with van der Waals surface area (Å²) in [5.41, 5.74) is 3.87. The molecule has 51 heavy (non-hydrogen) atoms. The Balaban J connectivity index is 1.52. The highest BCUT2D eigenvalue weighted by Gasteiger charge is 2.70. The number of sulfonamides is 1. The molecule has 1 aliphatic heterocycles. The second kappa shape index (κ2) is 15.3. The van der Waals surface area contributed by atoms with E-state index in [4.69, 9.17) is 5.73 Å². The number of amides is 5. The van der Waals surface area contributed by atoms with Crippen molar-refractivity contribution in [1.29, 1.82) is 0 Å². The first-order valence-electron chi connectivity index (χ1n) is 18.9. The maximum absolute atomic E-state index is 14.5. The zero-order valence-corrected chi connectivity index (χ0v) is 33.2. The van der Waals surface area contributed by atoms with Crippen molar-refractivity contribution in [3.63, 3.8) is 0 Å². The largest absolute Gasteiger partial charge is 0.363 e. The molecule has 0 radical (unpaired) electrons. The number of fused-ring (bicyclic) bond motifs is 1. The van der Waals surface area contributed by atoms with E-state index in [1.807, 2.05) is 41.5 Å². The van der Waals surface area contributed by atoms with E-state index in [9.17, 15) is 32.4 Å². The van der Waals surface area contributed by atoms with Crippen molar-refractivity contribution >= 4 is 39.6 Å². The third kappa shape index (κ3) is 9.83. The van der Waals surface area contributed by atoms with Gasteiger partial charge in [0.1, 0.15) is 12.1 Å². The lowest BCUT2D eigenvalue weighted by Gasteiger charge is -2.39. The van der Waals surface area contributed by atoms with E-state index in [0.717, 1.165) is 51.4 Å². The van der Waals surface area contributed by atoms with E-state index >= 15 is 0 Å². The molecule has 3 saturated carbocycles. The third-order valence-corrected chi connectivity index (χ3v) is 13.4. The van der Waals surface area contributed by atoms with Crippen LogP contribution in [0.2, 0.25) is 0 Å². The van der Waals surface area contributed by atoms with Crippen LogP contribution in [0.1, 0.15) is 113 Å². The topological polar surface area (TPSA) is 188 Å². The van der Waals surface area contributed by atoms with Gasteiger partial charge in [-0.3, -0.25) is 19.2 Å². The first-order chi connectivity index (χ1) is 23.4. The molecule has 1 heterocycles. The number of carbonyl (C=O) groups is 5. The van der Waals surface area contributed by atoms with Crippen molar-refractivity contribution in [1.82, 2.24) is 25.2 Å². The highest BCUT2D eigenvalue weighted by atomic mass is 32.2. The standard InChI is InChI=1S/C37H64N6O7S/c1-35(2,3)26(21-42(51(9,49)50)19-23-14-11-10-12-15-23)40-34(48)41-30(36(4,5)6)33(47)43-20-24-27(37(24,7)8)28(43)32(46)39-25(29(44)31(38)45)18-22-16-13-17-22/h22-28,30H,10-21H2,1-9H3,(H2,38,45)(H,39,46)(H2,40,41,48)/t24-,25?,26+,27-,28-,30+/m0/s1. The van der Waals surface area contributed by atoms with Crippen molar-refractivity contribution in [2.24, 2.45) is 45.7 Å². The van der Waals surface area contributed by atoms with Gasteiger partial charge in [-0.15, -0.1) is 0 Å². The van der Waals surface area contributed by atoms with Crippen molar-refractivity contribution in [3.05, 3.63) is 0 Å². The van der Waals surface area contributed by atoms with Crippen molar-refractivity contribution in [3.8, 4) is 0 Å². The molecule has 0 bridgehead atoms. The fourth-order valence-electron chi connectivity index (χ4n) is 8.42. The van der Waals surface area contributed by atoms with Gasteiger partial charge in [-0.2, -0.15) is 4.31 Å². The van der Waals surface area contributed by atoms with Gasteiger partial charge in [0.05, 0.1) is 12.3 Å². The molecule has 4 rings (SSSR count). The summed E-state index contributed by atoms with van der Waals surface area (Å²) < 4.78 is 27.4. The summed E-state index contributed by atoms with van der Waals surface area (Å²) in [5.74, 6) is -2.47. The smallest absolute Gasteiger partial charge is 0.315 e. The number of hydrogen-bond donors (Lipinski definition) is 4. The van der Waals surface area contributed by atoms with Gasteiger partial charge in [0, 0.05) is 25.7 Å². The lowest BCUT2D eigenvalue weighted by atomic mass is 9.80. The third-order valence-electron chi connectivity index (χ3n) is 12.2. The summed E-state index contributed by atoms with van der Waals surface area (Å²) in [6, 6.07) is -4.14. The molecule has 14 heteroatoms. The molecule has 0 spiro atoms. The van der Waals surface area contributed by atoms with Gasteiger partial charge in [0.25, 0.3) is 5.91 Å². The Morgan fingerprint density at radius 1 is 0.863 bits per heavy atom. The van der Waals surface area contributed by atoms with Gasteiger partial charge in [-0.05, 0) is 59.2 Å². The molecule has 6 atom stereocenters. The predicted molar refractivity (Wildman–Crippen MR) is 195 cm³/mol. The Morgan fingerprint density at radius 3 is 1.94 bits per heavy atom. The average Bonchev–Trinajstić information content (AvgIpc) is 3.30. The fourth-order valence-corrected chi connectivity index (χ4v) is 9.33. The van der Waals surface area contributed by atoms with Crippen LogP contribution in [0, 0.1) is 39.9 Å². The first kappa shape index (κ1) is 41.0. The number of nitrogens with one attached hydrogen (secondary N) is 3. The number of likely N-dealkylation sites (tertiary alicyclic amines) is 1. The molecule has 0 aromatic heterocycles. The number of rotatable bonds is 14. The van der Waals surface area contributed by atoms with Gasteiger partial charge >= 0.3 is 6.03 Å². The van der Waals surface area contributed by atoms with E-state index < -0.39 is 74.6 Å². The van der Waals surface area contributed by atoms with Gasteiger partial charge < -0.3 is 26.6 Å². The minimum Gasteiger partial charge on any atom is -0.363 e. The van der Waals surface area contributed by atoms with Crippen LogP contribution in [0.25, 0.3) is 0 Å². The summed E-state index contributed by atoms with van der Waals surface area (Å²) in [5, 5.41) is 8.70. The van der Waals surface area contributed by atoms with Crippen LogP contribution in [0.15, 0.2) is 0 Å². The fraction of sp³-hybridized carbons (Fsp3) is 0.865. The molecular formula is C37H64N6O7S. The van der Waals surface area contributed by atoms with Gasteiger partial charge in [-0.1, -0.05) is 93.9 Å². The van der Waals surface area contributed by atoms with E-state index in [-0.39, 0.29) is 35.6 Å². The van der Waals surface area contributed by atoms with E-state index in [1.165, 1.54) is 15.5 Å². The predicted octanol–water partition coefficient (Wildman–Crippen LogP) is 3.17. The summed E-state index contributed by atoms with van der Waals surface area (Å²) in [6.45, 7) is 16.2. The Kier molecular flexibility index (Phi) is 12.3. The summed E-state index contributed by atoms with van der Waals surface area (Å²) >= 11 is 0. The Bertz CT molecular complexity index is 1440. The van der Waals surface area contributed by atoms with Crippen LogP contribution in [0.4, 0.5) is 4.79 Å². The molecule has 5 N–H and O–H groups in total. The molecule has 1 unspecified atom stereocenters. The first-order valence-corrected chi connectivity index (χ1v) is 20.7. The Morgan fingerprint density at radius 2 is 1.45 bits per heavy atom. The summed E-state index contributed by atoms with van der Waals surface area (Å²) in [4.78, 5) is 68.5. The molecule has 3 aliphatic carbocycles. The van der Waals surface area contributed by atoms with E-state index in [1.54, 1.807) is 0 Å². The van der Waals surface area contributed by atoms with E-state index in [2.05, 4.69) is 29.8 Å². The number of carbonyl (C=O) groups excluding carboxylic acids is 5. The lowest BCUT2D eigenvalue weighted by molar-refractivity contribution is -0.145. The van der Waals surface area contributed by atoms with Crippen LogP contribution in [0.3, 0.4) is 0 Å². The molecule has 4 aliphatic rings. The number of nitrogens with zero attached hydrogens (tertiary/aromatic N) is 2. The maximum atomic E-state index is 14.5. The zero-order valence-electron chi connectivity index (χ0n) is 32.3. The molecule has 13 nitrogen and oxygen atoms in total. The highest BCUT2D eigenvalue weighted by Crippen LogP contribution is 2.65. The SMILES string of the molecule is CC(C)(C)[C@H](NC(=O)N[C@H](CN(CC1CCCCC1)S(C)(=O)=O)C(C)(C)C)C(=O)N1C[C@H]2[C@@H]([C@H]1C(=O)NC(CC1CCC1)C(=O)C(N)=O)C2(C)C. The van der Waals surface area contributed by atoms with E-state index in [0.29, 0.717) is 19.5 Å². The molecule has 290 valence electrons. The number of piperidine rings is 1. The molecule has 5 amide bonds. The maximum Gasteiger partial charge on any atom is 0.315 e. The highest BCUT2D eigenvalue weighted by molar-refractivity contribution is 7.88. The molecule has 0 aromatic rings. The van der Waals surface area contributed by atoms with Gasteiger partial charge in [-0.25, -0.2) is 13.2 Å². The van der Waals surface area contributed by atoms with Crippen LogP contribution in [-0.4, -0.2) is 97.2 Å². The molecule has 0 aromatic carbocycles. The molecular weight excluding hydrogens is 673 g/mol. The van der Waals surface area contributed by atoms with Crippen molar-refractivity contribution in [2.45, 2.75) is 137 Å². The number of hydrogen-bond acceptors (Lipinski definition) is 7. The monoisotopic (exact) mass is 736 g/mol. The average molecular weight is 737 g/mol. The molecule has 1 saturated heterocycles. The second-order valence-corrected chi connectivity index (χ2v) is 20.6. The van der Waals surface area contributed by atoms with Crippen molar-refractivity contribution in [2.75, 3.05) is 25.9 Å². The number of urea groups is 1. The summed E-state index contributed by atoms with van der Waals surface area (Å²) in [6.07, 6.45) is 9.66. The number of nitrogens with two attached hydrogens (primary N) is 1. The minimum atomic E-state index is -3.56. The number of ketones is 1. The Labute approximate surface area is 305 Å². The van der Waals surface area contributed by atoms with Crippen LogP contribution in [-0.2, 0) is 29.2 Å². The number of primary amides is 1. The second-order valence-electron chi connectivity index (χ2n) is 18.6. The van der Waals surface area contributed by atoms with Crippen LogP contribution < -0.4 is 21.7 Å². The van der Waals surface area contributed by atoms with Crippen molar-refractivity contribution < 1.29 is 32.4 Å². The zero-order chi connectivity index (χ0) is 38.3. The van der Waals surface area contributed by atoms with Crippen LogP contribution >= 0.6 is 0 Å². The normalized spacial score (nSPS) is 25.6. The summed E-state index contributed by atoms with van der Waals surface area (Å²) in [7, 11) is -3.56. The van der Waals surface area contributed by atoms with Gasteiger partial charge in [0.2, 0.25) is 27.6 Å².